The van der Waals surface area contributed by atoms with Crippen molar-refractivity contribution < 1.29 is 43.1 Å². The van der Waals surface area contributed by atoms with Gasteiger partial charge in [0, 0.05) is 42.1 Å². The monoisotopic (exact) mass is 776 g/mol. The molecule has 53 heavy (non-hydrogen) atoms. The first-order valence-corrected chi connectivity index (χ1v) is 21.1. The Balaban J connectivity index is 1.52. The van der Waals surface area contributed by atoms with Crippen LogP contribution in [0.3, 0.4) is 0 Å². The summed E-state index contributed by atoms with van der Waals surface area (Å²) in [6.07, 6.45) is 7.54. The molecule has 0 saturated heterocycles. The summed E-state index contributed by atoms with van der Waals surface area (Å²) in [4.78, 5) is 1.78. The number of anilines is 1. The minimum atomic E-state index is -4.84. The topological polar surface area (TPSA) is 161 Å². The van der Waals surface area contributed by atoms with Gasteiger partial charge in [0.15, 0.2) is 12.3 Å². The number of rotatable bonds is 14. The Morgan fingerprint density at radius 2 is 1.42 bits per heavy atom. The van der Waals surface area contributed by atoms with Crippen molar-refractivity contribution in [3.63, 3.8) is 0 Å². The van der Waals surface area contributed by atoms with E-state index < -0.39 is 36.1 Å². The molecule has 278 valence electrons. The van der Waals surface area contributed by atoms with Gasteiger partial charge in [0.2, 0.25) is 0 Å². The van der Waals surface area contributed by atoms with Crippen molar-refractivity contribution in [1.29, 1.82) is 0 Å². The largest absolute Gasteiger partial charge is 0.744 e. The average Bonchev–Trinajstić information content (AvgIpc) is 3.13. The van der Waals surface area contributed by atoms with E-state index in [4.69, 9.17) is 0 Å². The molecule has 5 rings (SSSR count). The fourth-order valence-corrected chi connectivity index (χ4v) is 8.20. The van der Waals surface area contributed by atoms with Gasteiger partial charge in [-0.2, -0.15) is 16.8 Å². The molecule has 0 aliphatic heterocycles. The Morgan fingerprint density at radius 3 is 2.04 bits per heavy atom. The van der Waals surface area contributed by atoms with Gasteiger partial charge in [0.25, 0.3) is 20.2 Å². The fourth-order valence-electron chi connectivity index (χ4n) is 6.18. The summed E-state index contributed by atoms with van der Waals surface area (Å²) in [6, 6.07) is 27.2. The lowest BCUT2D eigenvalue weighted by molar-refractivity contribution is -0.539. The molecule has 4 aromatic rings. The summed E-state index contributed by atoms with van der Waals surface area (Å²) in [6.45, 7) is 6.07. The lowest BCUT2D eigenvalue weighted by atomic mass is 9.90. The fraction of sp³-hybridized carbons (Fsp3) is 0.205. The van der Waals surface area contributed by atoms with Gasteiger partial charge < -0.3 is 9.45 Å². The predicted molar refractivity (Wildman–Crippen MR) is 204 cm³/mol. The Morgan fingerprint density at radius 1 is 0.774 bits per heavy atom. The highest BCUT2D eigenvalue weighted by atomic mass is 32.2. The van der Waals surface area contributed by atoms with Crippen molar-refractivity contribution in [3.8, 4) is 0 Å². The van der Waals surface area contributed by atoms with Gasteiger partial charge in [-0.05, 0) is 90.2 Å². The molecule has 0 bridgehead atoms. The van der Waals surface area contributed by atoms with Gasteiger partial charge >= 0.3 is 0 Å². The van der Waals surface area contributed by atoms with Crippen LogP contribution in [-0.2, 0) is 53.4 Å². The second kappa shape index (κ2) is 16.5. The molecule has 14 heteroatoms. The third-order valence-electron chi connectivity index (χ3n) is 8.73. The maximum Gasteiger partial charge on any atom is 0.296 e. The summed E-state index contributed by atoms with van der Waals surface area (Å²) in [5, 5.41) is 0. The predicted octanol–water partition coefficient (Wildman–Crippen LogP) is 5.94. The Labute approximate surface area is 311 Å². The van der Waals surface area contributed by atoms with Crippen molar-refractivity contribution >= 4 is 47.3 Å². The molecular weight excluding hydrogens is 737 g/mol. The van der Waals surface area contributed by atoms with Crippen LogP contribution in [-0.4, -0.2) is 64.8 Å². The molecule has 0 radical (unpaired) electrons. The highest BCUT2D eigenvalue weighted by Gasteiger charge is 2.20. The zero-order valence-corrected chi connectivity index (χ0v) is 31.9. The zero-order chi connectivity index (χ0) is 38.4. The van der Waals surface area contributed by atoms with Gasteiger partial charge in [-0.1, -0.05) is 60.7 Å². The molecule has 0 heterocycles. The van der Waals surface area contributed by atoms with Crippen LogP contribution in [0, 0.1) is 0 Å². The third-order valence-corrected chi connectivity index (χ3v) is 11.6. The van der Waals surface area contributed by atoms with Crippen LogP contribution >= 0.6 is 0 Å². The van der Waals surface area contributed by atoms with E-state index in [2.05, 4.69) is 13.7 Å². The summed E-state index contributed by atoms with van der Waals surface area (Å²) in [5.41, 5.74) is 5.94. The molecule has 0 amide bonds. The second-order valence-electron chi connectivity index (χ2n) is 12.3. The quantitative estimate of drug-likeness (QED) is 0.0922. The molecule has 4 aromatic carbocycles. The van der Waals surface area contributed by atoms with Gasteiger partial charge in [-0.15, -0.1) is 0 Å². The van der Waals surface area contributed by atoms with Gasteiger partial charge in [-0.25, -0.2) is 13.0 Å². The summed E-state index contributed by atoms with van der Waals surface area (Å²) >= 11 is 0. The van der Waals surface area contributed by atoms with Crippen molar-refractivity contribution in [2.45, 2.75) is 42.5 Å². The minimum absolute atomic E-state index is 0.0630. The van der Waals surface area contributed by atoms with E-state index in [0.29, 0.717) is 48.5 Å². The maximum atomic E-state index is 12.5. The van der Waals surface area contributed by atoms with Crippen LogP contribution < -0.4 is 4.90 Å². The SMILES string of the molecule is CCN(Cc1cccc(S(=O)(=O)OC)c1)c1ccc(C(=C2C=CC(=[N+](CC)Cc3cccc(CS(=O)(=O)O)c3)C=C2)c2ccccc2S(=O)(=O)[O-])cc1. The molecule has 0 saturated carbocycles. The first kappa shape index (κ1) is 39.5. The van der Waals surface area contributed by atoms with Gasteiger partial charge in [-0.3, -0.25) is 8.74 Å². The first-order valence-electron chi connectivity index (χ1n) is 16.7. The van der Waals surface area contributed by atoms with Crippen molar-refractivity contribution in [3.05, 3.63) is 155 Å². The highest BCUT2D eigenvalue weighted by Crippen LogP contribution is 2.35. The maximum absolute atomic E-state index is 12.5. The van der Waals surface area contributed by atoms with Crippen LogP contribution in [0.2, 0.25) is 0 Å². The summed E-state index contributed by atoms with van der Waals surface area (Å²) < 4.78 is 101. The van der Waals surface area contributed by atoms with Crippen LogP contribution in [0.1, 0.15) is 41.7 Å². The lowest BCUT2D eigenvalue weighted by Gasteiger charge is -2.24. The number of hydrogen-bond acceptors (Lipinski definition) is 9. The molecule has 0 spiro atoms. The minimum Gasteiger partial charge on any atom is -0.744 e. The molecule has 0 fully saturated rings. The molecule has 0 aromatic heterocycles. The molecular formula is C39H40N2O9S3. The molecule has 0 unspecified atom stereocenters. The van der Waals surface area contributed by atoms with Gasteiger partial charge in [0.05, 0.1) is 16.9 Å². The smallest absolute Gasteiger partial charge is 0.296 e. The number of nitrogens with zero attached hydrogens (tertiary/aromatic N) is 2. The van der Waals surface area contributed by atoms with E-state index in [1.165, 1.54) is 18.2 Å². The molecule has 11 nitrogen and oxygen atoms in total. The van der Waals surface area contributed by atoms with E-state index >= 15 is 0 Å². The van der Waals surface area contributed by atoms with Crippen LogP contribution in [0.4, 0.5) is 5.69 Å². The third kappa shape index (κ3) is 10.0. The van der Waals surface area contributed by atoms with E-state index in [-0.39, 0.29) is 15.4 Å². The summed E-state index contributed by atoms with van der Waals surface area (Å²) in [5.74, 6) is -0.479. The van der Waals surface area contributed by atoms with E-state index in [9.17, 15) is 34.4 Å². The molecule has 1 N–H and O–H groups in total. The van der Waals surface area contributed by atoms with Crippen LogP contribution in [0.15, 0.2) is 137 Å². The van der Waals surface area contributed by atoms with Crippen molar-refractivity contribution in [1.82, 2.24) is 0 Å². The average molecular weight is 777 g/mol. The lowest BCUT2D eigenvalue weighted by Crippen LogP contribution is -2.22. The van der Waals surface area contributed by atoms with Crippen LogP contribution in [0.5, 0.6) is 0 Å². The number of benzene rings is 4. The number of hydrogen-bond donors (Lipinski definition) is 1. The first-order chi connectivity index (χ1) is 25.1. The number of allylic oxidation sites excluding steroid dienone is 5. The molecule has 1 aliphatic carbocycles. The Hall–Kier alpha value is -4.70. The highest BCUT2D eigenvalue weighted by molar-refractivity contribution is 7.86. The Kier molecular flexibility index (Phi) is 12.3. The van der Waals surface area contributed by atoms with Crippen molar-refractivity contribution in [2.24, 2.45) is 0 Å². The Bertz CT molecular complexity index is 2430. The van der Waals surface area contributed by atoms with Crippen molar-refractivity contribution in [2.75, 3.05) is 25.1 Å². The molecule has 1 aliphatic rings. The van der Waals surface area contributed by atoms with E-state index in [1.807, 2.05) is 74.5 Å². The summed E-state index contributed by atoms with van der Waals surface area (Å²) in [7, 11) is -11.8. The normalized spacial score (nSPS) is 13.3. The molecule has 0 atom stereocenters. The van der Waals surface area contributed by atoms with Gasteiger partial charge in [0.1, 0.15) is 22.4 Å². The zero-order valence-electron chi connectivity index (χ0n) is 29.4. The van der Waals surface area contributed by atoms with E-state index in [1.54, 1.807) is 42.5 Å². The van der Waals surface area contributed by atoms with E-state index in [0.717, 1.165) is 29.6 Å². The standard InChI is InChI=1S/C39H40N2O9S3/c1-4-40(26-29-10-8-12-31(24-29)28-51(42,43)44)34-20-16-32(17-21-34)39(37-14-6-7-15-38(37)52(45,46)47)33-18-22-35(23-19-33)41(5-2)27-30-11-9-13-36(25-30)53(48,49)50-3/h6-25H,4-5,26-28H2,1-3H3,(H-,42,43,44,45,46,47). The van der Waals surface area contributed by atoms with Crippen LogP contribution in [0.25, 0.3) is 5.57 Å². The second-order valence-corrected chi connectivity index (χ2v) is 16.8.